The summed E-state index contributed by atoms with van der Waals surface area (Å²) in [5.74, 6) is -0.0627. The average molecular weight is 419 g/mol. The molecule has 5 rings (SSSR count). The first-order chi connectivity index (χ1) is 15.0. The van der Waals surface area contributed by atoms with E-state index in [1.807, 2.05) is 54.6 Å². The number of nitrogens with zero attached hydrogens (tertiary/aromatic N) is 1. The highest BCUT2D eigenvalue weighted by Crippen LogP contribution is 2.42. The second-order valence-corrected chi connectivity index (χ2v) is 8.37. The van der Waals surface area contributed by atoms with Gasteiger partial charge < -0.3 is 4.90 Å². The van der Waals surface area contributed by atoms with Crippen LogP contribution in [0.4, 0.5) is 18.9 Å². The lowest BCUT2D eigenvalue weighted by molar-refractivity contribution is -0.137. The highest BCUT2D eigenvalue weighted by Gasteiger charge is 2.35. The van der Waals surface area contributed by atoms with Gasteiger partial charge in [-0.25, -0.2) is 0 Å². The molecule has 1 saturated heterocycles. The molecule has 1 atom stereocenters. The summed E-state index contributed by atoms with van der Waals surface area (Å²) in [5.41, 5.74) is 4.18. The minimum atomic E-state index is -4.42. The van der Waals surface area contributed by atoms with Crippen molar-refractivity contribution in [1.29, 1.82) is 0 Å². The molecule has 0 saturated carbocycles. The largest absolute Gasteiger partial charge is 0.417 e. The SMILES string of the molecule is FC(F)(F)c1cc(C2CC=Cc3ccccc32)ccc1-c1cccc(N2CCCC2)c1. The molecule has 3 aromatic carbocycles. The standard InChI is InChI=1S/C27H24F3N/c28-27(29,30)26-18-21(24-12-6-8-19-7-1-2-11-23(19)24)13-14-25(26)20-9-5-10-22(17-20)31-15-3-4-16-31/h1-2,5-11,13-14,17-18,24H,3-4,12,15-16H2. The number of fused-ring (bicyclic) bond motifs is 1. The zero-order valence-corrected chi connectivity index (χ0v) is 17.2. The van der Waals surface area contributed by atoms with Crippen LogP contribution in [-0.2, 0) is 6.18 Å². The molecule has 1 heterocycles. The van der Waals surface area contributed by atoms with Gasteiger partial charge in [0.25, 0.3) is 0 Å². The van der Waals surface area contributed by atoms with Gasteiger partial charge >= 0.3 is 6.18 Å². The number of hydrogen-bond donors (Lipinski definition) is 0. The van der Waals surface area contributed by atoms with Gasteiger partial charge in [-0.1, -0.05) is 60.7 Å². The lowest BCUT2D eigenvalue weighted by atomic mass is 9.81. The van der Waals surface area contributed by atoms with Crippen LogP contribution in [0.15, 0.2) is 72.8 Å². The van der Waals surface area contributed by atoms with E-state index in [-0.39, 0.29) is 11.5 Å². The van der Waals surface area contributed by atoms with E-state index < -0.39 is 11.7 Å². The summed E-state index contributed by atoms with van der Waals surface area (Å²) in [6, 6.07) is 20.4. The monoisotopic (exact) mass is 419 g/mol. The van der Waals surface area contributed by atoms with Gasteiger partial charge in [0.15, 0.2) is 0 Å². The summed E-state index contributed by atoms with van der Waals surface area (Å²) in [7, 11) is 0. The summed E-state index contributed by atoms with van der Waals surface area (Å²) in [5, 5.41) is 0. The Labute approximate surface area is 180 Å². The van der Waals surface area contributed by atoms with Gasteiger partial charge in [-0.2, -0.15) is 13.2 Å². The van der Waals surface area contributed by atoms with Crippen molar-refractivity contribution in [3.63, 3.8) is 0 Å². The van der Waals surface area contributed by atoms with Crippen LogP contribution in [0.5, 0.6) is 0 Å². The summed E-state index contributed by atoms with van der Waals surface area (Å²) in [4.78, 5) is 2.25. The van der Waals surface area contributed by atoms with E-state index in [1.54, 1.807) is 12.1 Å². The number of benzene rings is 3. The molecule has 4 heteroatoms. The maximum Gasteiger partial charge on any atom is 0.417 e. The second-order valence-electron chi connectivity index (χ2n) is 8.37. The van der Waals surface area contributed by atoms with Crippen LogP contribution in [0.2, 0.25) is 0 Å². The molecule has 0 N–H and O–H groups in total. The molecular formula is C27H24F3N. The molecule has 3 aromatic rings. The molecule has 1 fully saturated rings. The third-order valence-corrected chi connectivity index (χ3v) is 6.42. The Morgan fingerprint density at radius 1 is 0.839 bits per heavy atom. The van der Waals surface area contributed by atoms with Gasteiger partial charge in [0, 0.05) is 24.7 Å². The van der Waals surface area contributed by atoms with Crippen molar-refractivity contribution >= 4 is 11.8 Å². The van der Waals surface area contributed by atoms with Crippen LogP contribution < -0.4 is 4.90 Å². The van der Waals surface area contributed by atoms with Gasteiger partial charge in [-0.05, 0) is 65.3 Å². The lowest BCUT2D eigenvalue weighted by Gasteiger charge is -2.24. The second kappa shape index (κ2) is 7.92. The van der Waals surface area contributed by atoms with Crippen molar-refractivity contribution in [2.45, 2.75) is 31.4 Å². The number of allylic oxidation sites excluding steroid dienone is 1. The van der Waals surface area contributed by atoms with Crippen LogP contribution in [0.1, 0.15) is 47.4 Å². The van der Waals surface area contributed by atoms with Crippen LogP contribution in [-0.4, -0.2) is 13.1 Å². The normalized spacial score (nSPS) is 18.3. The number of rotatable bonds is 3. The molecule has 1 nitrogen and oxygen atoms in total. The van der Waals surface area contributed by atoms with Crippen molar-refractivity contribution in [2.24, 2.45) is 0 Å². The number of halogens is 3. The van der Waals surface area contributed by atoms with E-state index in [2.05, 4.69) is 11.0 Å². The Kier molecular flexibility index (Phi) is 5.09. The van der Waals surface area contributed by atoms with Gasteiger partial charge in [0.05, 0.1) is 5.56 Å². The Hall–Kier alpha value is -3.01. The fourth-order valence-corrected chi connectivity index (χ4v) is 4.86. The summed E-state index contributed by atoms with van der Waals surface area (Å²) < 4.78 is 42.5. The number of alkyl halides is 3. The summed E-state index contributed by atoms with van der Waals surface area (Å²) in [6.07, 6.45) is 2.65. The third-order valence-electron chi connectivity index (χ3n) is 6.42. The molecule has 31 heavy (non-hydrogen) atoms. The first-order valence-electron chi connectivity index (χ1n) is 10.8. The molecule has 0 bridgehead atoms. The van der Waals surface area contributed by atoms with E-state index >= 15 is 0 Å². The summed E-state index contributed by atoms with van der Waals surface area (Å²) in [6.45, 7) is 1.92. The molecule has 1 unspecified atom stereocenters. The van der Waals surface area contributed by atoms with Gasteiger partial charge in [-0.15, -0.1) is 0 Å². The Morgan fingerprint density at radius 2 is 1.65 bits per heavy atom. The average Bonchev–Trinajstić information content (AvgIpc) is 3.33. The van der Waals surface area contributed by atoms with Gasteiger partial charge in [0.1, 0.15) is 0 Å². The van der Waals surface area contributed by atoms with E-state index in [0.29, 0.717) is 17.5 Å². The molecule has 1 aliphatic carbocycles. The predicted molar refractivity (Wildman–Crippen MR) is 120 cm³/mol. The van der Waals surface area contributed by atoms with Crippen LogP contribution in [0, 0.1) is 0 Å². The van der Waals surface area contributed by atoms with Crippen molar-refractivity contribution < 1.29 is 13.2 Å². The van der Waals surface area contributed by atoms with E-state index in [0.717, 1.165) is 42.7 Å². The highest BCUT2D eigenvalue weighted by molar-refractivity contribution is 5.73. The predicted octanol–water partition coefficient (Wildman–Crippen LogP) is 7.52. The minimum absolute atomic E-state index is 0.0627. The Bertz CT molecular complexity index is 1120. The molecule has 158 valence electrons. The molecule has 2 aliphatic rings. The van der Waals surface area contributed by atoms with E-state index in [9.17, 15) is 13.2 Å². The molecular weight excluding hydrogens is 395 g/mol. The first-order valence-corrected chi connectivity index (χ1v) is 10.8. The molecule has 0 spiro atoms. The fraction of sp³-hybridized carbons (Fsp3) is 0.259. The topological polar surface area (TPSA) is 3.24 Å². The van der Waals surface area contributed by atoms with Gasteiger partial charge in [0.2, 0.25) is 0 Å². The van der Waals surface area contributed by atoms with Gasteiger partial charge in [-0.3, -0.25) is 0 Å². The Balaban J connectivity index is 1.58. The van der Waals surface area contributed by atoms with Crippen molar-refractivity contribution in [2.75, 3.05) is 18.0 Å². The zero-order chi connectivity index (χ0) is 21.4. The quantitative estimate of drug-likeness (QED) is 0.424. The van der Waals surface area contributed by atoms with Crippen LogP contribution in [0.25, 0.3) is 17.2 Å². The van der Waals surface area contributed by atoms with Crippen molar-refractivity contribution in [3.05, 3.63) is 95.1 Å². The molecule has 0 aromatic heterocycles. The summed E-state index contributed by atoms with van der Waals surface area (Å²) >= 11 is 0. The maximum absolute atomic E-state index is 14.2. The Morgan fingerprint density at radius 3 is 2.45 bits per heavy atom. The fourth-order valence-electron chi connectivity index (χ4n) is 4.86. The number of anilines is 1. The third kappa shape index (κ3) is 3.87. The molecule has 1 aliphatic heterocycles. The first kappa shape index (κ1) is 19.9. The molecule has 0 radical (unpaired) electrons. The smallest absolute Gasteiger partial charge is 0.372 e. The maximum atomic E-state index is 14.2. The van der Waals surface area contributed by atoms with E-state index in [4.69, 9.17) is 0 Å². The van der Waals surface area contributed by atoms with E-state index in [1.165, 1.54) is 6.07 Å². The minimum Gasteiger partial charge on any atom is -0.372 e. The lowest BCUT2D eigenvalue weighted by Crippen LogP contribution is -2.17. The van der Waals surface area contributed by atoms with Crippen LogP contribution in [0.3, 0.4) is 0 Å². The number of hydrogen-bond acceptors (Lipinski definition) is 1. The zero-order valence-electron chi connectivity index (χ0n) is 17.2. The molecule has 0 amide bonds. The highest BCUT2D eigenvalue weighted by atomic mass is 19.4. The van der Waals surface area contributed by atoms with Crippen LogP contribution >= 0.6 is 0 Å². The van der Waals surface area contributed by atoms with Crippen molar-refractivity contribution in [3.8, 4) is 11.1 Å². The van der Waals surface area contributed by atoms with Crippen molar-refractivity contribution in [1.82, 2.24) is 0 Å².